The molecule has 3 nitrogen and oxygen atoms in total. The Labute approximate surface area is 82.3 Å². The van der Waals surface area contributed by atoms with Crippen molar-refractivity contribution in [3.63, 3.8) is 0 Å². The fourth-order valence-electron chi connectivity index (χ4n) is 1.16. The Bertz CT molecular complexity index is 334. The standard InChI is InChI=1S/C9H12ClN3/c1-9(2-3-9)13-8-7(11)4-6(10)5-12-8/h4-5H,2-3,11H2,1H3,(H,12,13). The maximum Gasteiger partial charge on any atom is 0.149 e. The molecule has 0 atom stereocenters. The van der Waals surface area contributed by atoms with E-state index >= 15 is 0 Å². The first-order valence-electron chi connectivity index (χ1n) is 4.28. The van der Waals surface area contributed by atoms with Crippen molar-refractivity contribution in [1.29, 1.82) is 0 Å². The third-order valence-corrected chi connectivity index (χ3v) is 2.51. The van der Waals surface area contributed by atoms with E-state index in [1.54, 1.807) is 12.3 Å². The van der Waals surface area contributed by atoms with E-state index in [9.17, 15) is 0 Å². The highest BCUT2D eigenvalue weighted by Gasteiger charge is 2.37. The number of halogens is 1. The Morgan fingerprint density at radius 3 is 2.85 bits per heavy atom. The lowest BCUT2D eigenvalue weighted by Gasteiger charge is -2.13. The Morgan fingerprint density at radius 2 is 2.31 bits per heavy atom. The van der Waals surface area contributed by atoms with Crippen molar-refractivity contribution in [2.45, 2.75) is 25.3 Å². The Kier molecular flexibility index (Phi) is 1.84. The van der Waals surface area contributed by atoms with Crippen molar-refractivity contribution >= 4 is 23.1 Å². The average Bonchev–Trinajstić information content (AvgIpc) is 2.75. The Morgan fingerprint density at radius 1 is 1.62 bits per heavy atom. The van der Waals surface area contributed by atoms with E-state index < -0.39 is 0 Å². The van der Waals surface area contributed by atoms with Gasteiger partial charge in [0.15, 0.2) is 0 Å². The zero-order chi connectivity index (χ0) is 9.47. The number of nitrogen functional groups attached to an aromatic ring is 1. The monoisotopic (exact) mass is 197 g/mol. The number of hydrogen-bond donors (Lipinski definition) is 2. The van der Waals surface area contributed by atoms with Crippen LogP contribution in [0.5, 0.6) is 0 Å². The first-order chi connectivity index (χ1) is 6.09. The van der Waals surface area contributed by atoms with E-state index in [2.05, 4.69) is 17.2 Å². The summed E-state index contributed by atoms with van der Waals surface area (Å²) < 4.78 is 0. The molecule has 0 bridgehead atoms. The molecule has 0 amide bonds. The fourth-order valence-corrected chi connectivity index (χ4v) is 1.32. The van der Waals surface area contributed by atoms with Gasteiger partial charge in [0.1, 0.15) is 5.82 Å². The van der Waals surface area contributed by atoms with E-state index in [4.69, 9.17) is 17.3 Å². The van der Waals surface area contributed by atoms with Crippen LogP contribution in [-0.2, 0) is 0 Å². The number of hydrogen-bond acceptors (Lipinski definition) is 3. The minimum atomic E-state index is 0.203. The average molecular weight is 198 g/mol. The highest BCUT2D eigenvalue weighted by molar-refractivity contribution is 6.30. The van der Waals surface area contributed by atoms with E-state index in [-0.39, 0.29) is 5.54 Å². The first-order valence-corrected chi connectivity index (χ1v) is 4.66. The summed E-state index contributed by atoms with van der Waals surface area (Å²) in [6.07, 6.45) is 3.96. The minimum Gasteiger partial charge on any atom is -0.396 e. The number of anilines is 2. The smallest absolute Gasteiger partial charge is 0.149 e. The number of nitrogens with one attached hydrogen (secondary N) is 1. The Balaban J connectivity index is 2.20. The summed E-state index contributed by atoms with van der Waals surface area (Å²) >= 11 is 5.73. The topological polar surface area (TPSA) is 50.9 Å². The number of nitrogens with zero attached hydrogens (tertiary/aromatic N) is 1. The SMILES string of the molecule is CC1(Nc2ncc(Cl)cc2N)CC1. The molecule has 1 aromatic heterocycles. The van der Waals surface area contributed by atoms with Crippen LogP contribution in [-0.4, -0.2) is 10.5 Å². The van der Waals surface area contributed by atoms with Gasteiger partial charge in [-0.25, -0.2) is 4.98 Å². The van der Waals surface area contributed by atoms with Gasteiger partial charge in [-0.05, 0) is 25.8 Å². The highest BCUT2D eigenvalue weighted by Crippen LogP contribution is 2.38. The fraction of sp³-hybridized carbons (Fsp3) is 0.444. The van der Waals surface area contributed by atoms with Crippen LogP contribution in [0.15, 0.2) is 12.3 Å². The molecule has 0 aromatic carbocycles. The van der Waals surface area contributed by atoms with Crippen LogP contribution in [0.2, 0.25) is 5.02 Å². The summed E-state index contributed by atoms with van der Waals surface area (Å²) in [7, 11) is 0. The van der Waals surface area contributed by atoms with Gasteiger partial charge in [-0.3, -0.25) is 0 Å². The maximum atomic E-state index is 5.75. The molecule has 4 heteroatoms. The molecule has 13 heavy (non-hydrogen) atoms. The number of aromatic nitrogens is 1. The van der Waals surface area contributed by atoms with Crippen LogP contribution >= 0.6 is 11.6 Å². The quantitative estimate of drug-likeness (QED) is 0.765. The Hall–Kier alpha value is -0.960. The maximum absolute atomic E-state index is 5.75. The van der Waals surface area contributed by atoms with Crippen molar-refractivity contribution in [3.05, 3.63) is 17.3 Å². The second-order valence-corrected chi connectivity index (χ2v) is 4.21. The predicted molar refractivity (Wildman–Crippen MR) is 54.9 cm³/mol. The van der Waals surface area contributed by atoms with Gasteiger partial charge in [-0.2, -0.15) is 0 Å². The first kappa shape index (κ1) is 8.63. The number of rotatable bonds is 2. The number of nitrogens with two attached hydrogens (primary N) is 1. The highest BCUT2D eigenvalue weighted by atomic mass is 35.5. The van der Waals surface area contributed by atoms with Crippen molar-refractivity contribution in [3.8, 4) is 0 Å². The van der Waals surface area contributed by atoms with Gasteiger partial charge in [0.05, 0.1) is 10.7 Å². The molecule has 1 aliphatic carbocycles. The van der Waals surface area contributed by atoms with Crippen molar-refractivity contribution < 1.29 is 0 Å². The third-order valence-electron chi connectivity index (χ3n) is 2.30. The molecule has 1 saturated carbocycles. The van der Waals surface area contributed by atoms with Crippen molar-refractivity contribution in [2.75, 3.05) is 11.1 Å². The summed E-state index contributed by atoms with van der Waals surface area (Å²) in [5, 5.41) is 3.87. The number of pyridine rings is 1. The lowest BCUT2D eigenvalue weighted by molar-refractivity contribution is 0.822. The predicted octanol–water partition coefficient (Wildman–Crippen LogP) is 2.28. The van der Waals surface area contributed by atoms with Gasteiger partial charge in [0.2, 0.25) is 0 Å². The second kappa shape index (κ2) is 2.77. The zero-order valence-electron chi connectivity index (χ0n) is 7.47. The zero-order valence-corrected chi connectivity index (χ0v) is 8.23. The minimum absolute atomic E-state index is 0.203. The normalized spacial score (nSPS) is 18.3. The summed E-state index contributed by atoms with van der Waals surface area (Å²) in [5.74, 6) is 0.740. The van der Waals surface area contributed by atoms with Gasteiger partial charge < -0.3 is 11.1 Å². The van der Waals surface area contributed by atoms with Gasteiger partial charge in [0, 0.05) is 11.7 Å². The molecule has 1 heterocycles. The van der Waals surface area contributed by atoms with Gasteiger partial charge >= 0.3 is 0 Å². The molecule has 70 valence electrons. The molecule has 1 aromatic rings. The van der Waals surface area contributed by atoms with Crippen LogP contribution in [0.3, 0.4) is 0 Å². The van der Waals surface area contributed by atoms with Crippen LogP contribution in [0.25, 0.3) is 0 Å². The molecule has 0 radical (unpaired) electrons. The van der Waals surface area contributed by atoms with Crippen molar-refractivity contribution in [1.82, 2.24) is 4.98 Å². The molecule has 0 aliphatic heterocycles. The van der Waals surface area contributed by atoms with E-state index in [1.165, 1.54) is 12.8 Å². The second-order valence-electron chi connectivity index (χ2n) is 3.78. The summed E-state index contributed by atoms with van der Waals surface area (Å²) in [6, 6.07) is 1.71. The lowest BCUT2D eigenvalue weighted by atomic mass is 10.3. The molecular weight excluding hydrogens is 186 g/mol. The van der Waals surface area contributed by atoms with Gasteiger partial charge in [-0.15, -0.1) is 0 Å². The molecule has 0 saturated heterocycles. The summed E-state index contributed by atoms with van der Waals surface area (Å²) in [4.78, 5) is 4.14. The lowest BCUT2D eigenvalue weighted by Crippen LogP contribution is -2.17. The van der Waals surface area contributed by atoms with Gasteiger partial charge in [0.25, 0.3) is 0 Å². The van der Waals surface area contributed by atoms with Crippen LogP contribution in [0, 0.1) is 0 Å². The van der Waals surface area contributed by atoms with E-state index in [1.807, 2.05) is 0 Å². The molecule has 2 rings (SSSR count). The van der Waals surface area contributed by atoms with Gasteiger partial charge in [-0.1, -0.05) is 11.6 Å². The molecule has 1 fully saturated rings. The molecule has 1 aliphatic rings. The summed E-state index contributed by atoms with van der Waals surface area (Å²) in [5.41, 5.74) is 6.56. The molecule has 3 N–H and O–H groups in total. The molecule has 0 unspecified atom stereocenters. The van der Waals surface area contributed by atoms with Crippen molar-refractivity contribution in [2.24, 2.45) is 0 Å². The third kappa shape index (κ3) is 1.86. The van der Waals surface area contributed by atoms with Crippen LogP contribution in [0.4, 0.5) is 11.5 Å². The largest absolute Gasteiger partial charge is 0.396 e. The van der Waals surface area contributed by atoms with Crippen LogP contribution < -0.4 is 11.1 Å². The van der Waals surface area contributed by atoms with E-state index in [0.717, 1.165) is 5.82 Å². The van der Waals surface area contributed by atoms with Crippen LogP contribution in [0.1, 0.15) is 19.8 Å². The summed E-state index contributed by atoms with van der Waals surface area (Å²) in [6.45, 7) is 2.16. The molecule has 0 spiro atoms. The molecular formula is C9H12ClN3. The van der Waals surface area contributed by atoms with E-state index in [0.29, 0.717) is 10.7 Å².